The van der Waals surface area contributed by atoms with E-state index in [0.29, 0.717) is 24.9 Å². The van der Waals surface area contributed by atoms with E-state index in [1.54, 1.807) is 0 Å². The van der Waals surface area contributed by atoms with E-state index in [1.165, 1.54) is 0 Å². The highest BCUT2D eigenvalue weighted by Gasteiger charge is 2.19. The second-order valence-corrected chi connectivity index (χ2v) is 9.12. The fourth-order valence-electron chi connectivity index (χ4n) is 4.32. The molecule has 1 unspecified atom stereocenters. The number of ether oxygens (including phenoxy) is 1. The summed E-state index contributed by atoms with van der Waals surface area (Å²) in [6.07, 6.45) is 1.06. The number of benzene rings is 1. The highest BCUT2D eigenvalue weighted by Crippen LogP contribution is 2.17. The van der Waals surface area contributed by atoms with Crippen LogP contribution in [-0.4, -0.2) is 100 Å². The van der Waals surface area contributed by atoms with Crippen LogP contribution in [0.4, 0.5) is 5.69 Å². The molecule has 0 bridgehead atoms. The van der Waals surface area contributed by atoms with E-state index in [2.05, 4.69) is 25.3 Å². The maximum Gasteiger partial charge on any atom is 0.251 e. The first-order valence-electron chi connectivity index (χ1n) is 12.3. The van der Waals surface area contributed by atoms with Crippen LogP contribution >= 0.6 is 0 Å². The number of hydrogen-bond donors (Lipinski definition) is 2. The molecule has 0 aromatic heterocycles. The van der Waals surface area contributed by atoms with Crippen molar-refractivity contribution in [2.45, 2.75) is 19.8 Å². The first-order valence-corrected chi connectivity index (χ1v) is 12.3. The van der Waals surface area contributed by atoms with Gasteiger partial charge in [0, 0.05) is 76.6 Å². The van der Waals surface area contributed by atoms with Crippen molar-refractivity contribution in [3.05, 3.63) is 29.8 Å². The summed E-state index contributed by atoms with van der Waals surface area (Å²) in [6, 6.07) is 9.71. The molecular weight excluding hydrogens is 432 g/mol. The number of anilines is 1. The van der Waals surface area contributed by atoms with E-state index in [-0.39, 0.29) is 24.3 Å². The maximum absolute atomic E-state index is 12.5. The zero-order valence-corrected chi connectivity index (χ0v) is 20.3. The van der Waals surface area contributed by atoms with Gasteiger partial charge in [0.2, 0.25) is 5.91 Å². The van der Waals surface area contributed by atoms with Gasteiger partial charge in [-0.05, 0) is 36.6 Å². The molecule has 0 radical (unpaired) electrons. The monoisotopic (exact) mass is 470 g/mol. The molecule has 9 heteroatoms. The normalized spacial score (nSPS) is 18.2. The van der Waals surface area contributed by atoms with Crippen LogP contribution in [-0.2, 0) is 9.53 Å². The highest BCUT2D eigenvalue weighted by molar-refractivity contribution is 5.94. The van der Waals surface area contributed by atoms with Crippen LogP contribution in [0.5, 0.6) is 0 Å². The van der Waals surface area contributed by atoms with Crippen LogP contribution in [0.15, 0.2) is 24.3 Å². The molecule has 3 rings (SSSR count). The van der Waals surface area contributed by atoms with Gasteiger partial charge in [-0.1, -0.05) is 6.92 Å². The van der Waals surface area contributed by atoms with Gasteiger partial charge in [-0.15, -0.1) is 0 Å². The van der Waals surface area contributed by atoms with E-state index >= 15 is 0 Å². The molecule has 2 saturated heterocycles. The first-order chi connectivity index (χ1) is 16.5. The largest absolute Gasteiger partial charge is 0.379 e. The molecule has 1 aromatic carbocycles. The standard InChI is InChI=1S/C25H38N6O3/c1-21(20-24(32)27-9-7-26)6-8-28-25(33)22-2-4-23(5-3-22)31-14-12-29(13-15-31)10-11-30-16-18-34-19-17-30/h2-5,21H,6,8-20H2,1H3,(H,27,32)(H,28,33). The lowest BCUT2D eigenvalue weighted by atomic mass is 10.0. The van der Waals surface area contributed by atoms with Crippen LogP contribution in [0, 0.1) is 17.2 Å². The number of nitriles is 1. The number of rotatable bonds is 11. The minimum atomic E-state index is -0.131. The smallest absolute Gasteiger partial charge is 0.251 e. The Labute approximate surface area is 203 Å². The molecule has 0 aliphatic carbocycles. The Morgan fingerprint density at radius 1 is 1.00 bits per heavy atom. The number of carbonyl (C=O) groups is 2. The van der Waals surface area contributed by atoms with E-state index < -0.39 is 0 Å². The summed E-state index contributed by atoms with van der Waals surface area (Å²) < 4.78 is 5.42. The minimum Gasteiger partial charge on any atom is -0.379 e. The second-order valence-electron chi connectivity index (χ2n) is 9.12. The van der Waals surface area contributed by atoms with Crippen molar-refractivity contribution >= 4 is 17.5 Å². The van der Waals surface area contributed by atoms with E-state index in [4.69, 9.17) is 10.00 Å². The van der Waals surface area contributed by atoms with Crippen LogP contribution in [0.25, 0.3) is 0 Å². The number of piperazine rings is 1. The van der Waals surface area contributed by atoms with Crippen molar-refractivity contribution in [1.29, 1.82) is 5.26 Å². The lowest BCUT2D eigenvalue weighted by Crippen LogP contribution is -2.49. The van der Waals surface area contributed by atoms with Gasteiger partial charge in [-0.3, -0.25) is 19.4 Å². The molecule has 1 aromatic rings. The molecule has 34 heavy (non-hydrogen) atoms. The van der Waals surface area contributed by atoms with Crippen molar-refractivity contribution in [1.82, 2.24) is 20.4 Å². The fourth-order valence-corrected chi connectivity index (χ4v) is 4.32. The lowest BCUT2D eigenvalue weighted by Gasteiger charge is -2.37. The first kappa shape index (κ1) is 25.9. The Morgan fingerprint density at radius 3 is 2.29 bits per heavy atom. The summed E-state index contributed by atoms with van der Waals surface area (Å²) in [5, 5.41) is 14.0. The van der Waals surface area contributed by atoms with Crippen molar-refractivity contribution in [3.8, 4) is 6.07 Å². The summed E-state index contributed by atoms with van der Waals surface area (Å²) in [7, 11) is 0. The fraction of sp³-hybridized carbons (Fsp3) is 0.640. The topological polar surface area (TPSA) is 101 Å². The molecule has 2 fully saturated rings. The molecule has 2 aliphatic rings. The summed E-state index contributed by atoms with van der Waals surface area (Å²) in [4.78, 5) is 31.5. The second kappa shape index (κ2) is 13.9. The number of hydrogen-bond acceptors (Lipinski definition) is 7. The van der Waals surface area contributed by atoms with Gasteiger partial charge in [0.15, 0.2) is 0 Å². The average Bonchev–Trinajstić information content (AvgIpc) is 2.87. The van der Waals surface area contributed by atoms with Crippen molar-refractivity contribution in [3.63, 3.8) is 0 Å². The number of nitrogens with one attached hydrogen (secondary N) is 2. The minimum absolute atomic E-state index is 0.0307. The van der Waals surface area contributed by atoms with E-state index in [1.807, 2.05) is 37.3 Å². The Morgan fingerprint density at radius 2 is 1.65 bits per heavy atom. The van der Waals surface area contributed by atoms with E-state index in [0.717, 1.165) is 71.3 Å². The zero-order valence-electron chi connectivity index (χ0n) is 20.3. The molecule has 1 atom stereocenters. The van der Waals surface area contributed by atoms with Crippen LogP contribution in [0.3, 0.4) is 0 Å². The van der Waals surface area contributed by atoms with Gasteiger partial charge in [0.1, 0.15) is 6.54 Å². The Bertz CT molecular complexity index is 811. The third-order valence-corrected chi connectivity index (χ3v) is 6.52. The predicted octanol–water partition coefficient (Wildman–Crippen LogP) is 0.927. The van der Waals surface area contributed by atoms with E-state index in [9.17, 15) is 9.59 Å². The molecule has 2 amide bonds. The quantitative estimate of drug-likeness (QED) is 0.464. The predicted molar refractivity (Wildman–Crippen MR) is 132 cm³/mol. The van der Waals surface area contributed by atoms with Crippen LogP contribution in [0.1, 0.15) is 30.1 Å². The molecule has 0 spiro atoms. The maximum atomic E-state index is 12.5. The highest BCUT2D eigenvalue weighted by atomic mass is 16.5. The molecule has 0 saturated carbocycles. The molecule has 9 nitrogen and oxygen atoms in total. The number of amides is 2. The van der Waals surface area contributed by atoms with Gasteiger partial charge in [-0.2, -0.15) is 5.26 Å². The number of carbonyl (C=O) groups excluding carboxylic acids is 2. The Kier molecular flexibility index (Phi) is 10.6. The third kappa shape index (κ3) is 8.60. The van der Waals surface area contributed by atoms with Crippen molar-refractivity contribution in [2.75, 3.05) is 83.6 Å². The molecule has 2 heterocycles. The SMILES string of the molecule is CC(CCNC(=O)c1ccc(N2CCN(CCN3CCOCC3)CC2)cc1)CC(=O)NCC#N. The number of nitrogens with zero attached hydrogens (tertiary/aromatic N) is 4. The average molecular weight is 471 g/mol. The van der Waals surface area contributed by atoms with Crippen molar-refractivity contribution in [2.24, 2.45) is 5.92 Å². The summed E-state index contributed by atoms with van der Waals surface area (Å²) in [5.41, 5.74) is 1.80. The van der Waals surface area contributed by atoms with Gasteiger partial charge in [0.05, 0.1) is 19.3 Å². The zero-order chi connectivity index (χ0) is 24.2. The summed E-state index contributed by atoms with van der Waals surface area (Å²) in [6.45, 7) is 12.6. The summed E-state index contributed by atoms with van der Waals surface area (Å²) >= 11 is 0. The Balaban J connectivity index is 1.34. The Hall–Kier alpha value is -2.67. The van der Waals surface area contributed by atoms with Gasteiger partial charge in [-0.25, -0.2) is 0 Å². The van der Waals surface area contributed by atoms with Gasteiger partial charge in [0.25, 0.3) is 5.91 Å². The van der Waals surface area contributed by atoms with Crippen LogP contribution in [0.2, 0.25) is 0 Å². The molecule has 2 aliphatic heterocycles. The molecule has 2 N–H and O–H groups in total. The molecular formula is C25H38N6O3. The summed E-state index contributed by atoms with van der Waals surface area (Å²) in [5.74, 6) is -0.0941. The molecule has 186 valence electrons. The van der Waals surface area contributed by atoms with Crippen molar-refractivity contribution < 1.29 is 14.3 Å². The van der Waals surface area contributed by atoms with Gasteiger partial charge >= 0.3 is 0 Å². The number of morpholine rings is 1. The lowest BCUT2D eigenvalue weighted by molar-refractivity contribution is -0.121. The third-order valence-electron chi connectivity index (χ3n) is 6.52. The van der Waals surface area contributed by atoms with Gasteiger partial charge < -0.3 is 20.3 Å². The van der Waals surface area contributed by atoms with Crippen LogP contribution < -0.4 is 15.5 Å².